The number of tetrazole rings is 1. The van der Waals surface area contributed by atoms with Crippen LogP contribution in [0.5, 0.6) is 5.75 Å². The summed E-state index contributed by atoms with van der Waals surface area (Å²) in [5.74, 6) is 2.00. The summed E-state index contributed by atoms with van der Waals surface area (Å²) >= 11 is 0. The second-order valence-corrected chi connectivity index (χ2v) is 7.34. The zero-order valence-electron chi connectivity index (χ0n) is 15.5. The van der Waals surface area contributed by atoms with Crippen LogP contribution in [0.2, 0.25) is 0 Å². The lowest BCUT2D eigenvalue weighted by Gasteiger charge is -2.34. The maximum Gasteiger partial charge on any atom is 0.165 e. The van der Waals surface area contributed by atoms with E-state index in [2.05, 4.69) is 42.1 Å². The topological polar surface area (TPSA) is 59.3 Å². The van der Waals surface area contributed by atoms with Gasteiger partial charge < -0.3 is 4.74 Å². The van der Waals surface area contributed by atoms with Crippen molar-refractivity contribution < 1.29 is 4.74 Å². The smallest absolute Gasteiger partial charge is 0.165 e. The van der Waals surface area contributed by atoms with Crippen molar-refractivity contribution in [2.24, 2.45) is 0 Å². The Morgan fingerprint density at radius 2 is 1.69 bits per heavy atom. The zero-order chi connectivity index (χ0) is 17.8. The lowest BCUT2D eigenvalue weighted by atomic mass is 10.1. The number of benzene rings is 1. The van der Waals surface area contributed by atoms with Gasteiger partial charge in [-0.15, -0.1) is 5.10 Å². The Hall–Kier alpha value is -1.99. The standard InChI is InChI=1S/C19H28N6O/c1-26-18-9-5-2-6-16(18)14-23-10-12-24(13-11-23)15-19-20-21-22-25(19)17-7-3-4-8-17/h2,5-6,9,17H,3-4,7-8,10-15H2,1H3. The van der Waals surface area contributed by atoms with Crippen molar-refractivity contribution in [1.29, 1.82) is 0 Å². The Morgan fingerprint density at radius 1 is 1.00 bits per heavy atom. The predicted molar refractivity (Wildman–Crippen MR) is 98.9 cm³/mol. The highest BCUT2D eigenvalue weighted by Gasteiger charge is 2.24. The number of aromatic nitrogens is 4. The van der Waals surface area contributed by atoms with E-state index in [4.69, 9.17) is 4.74 Å². The SMILES string of the molecule is COc1ccccc1CN1CCN(Cc2nnnn2C2CCCC2)CC1. The summed E-state index contributed by atoms with van der Waals surface area (Å²) < 4.78 is 7.56. The molecule has 0 N–H and O–H groups in total. The van der Waals surface area contributed by atoms with Crippen LogP contribution < -0.4 is 4.74 Å². The molecule has 0 bridgehead atoms. The predicted octanol–water partition coefficient (Wildman–Crippen LogP) is 2.11. The van der Waals surface area contributed by atoms with Gasteiger partial charge in [0.05, 0.1) is 19.7 Å². The van der Waals surface area contributed by atoms with Crippen LogP contribution in [-0.4, -0.2) is 63.3 Å². The second kappa shape index (κ2) is 8.14. The van der Waals surface area contributed by atoms with E-state index < -0.39 is 0 Å². The Kier molecular flexibility index (Phi) is 5.45. The Labute approximate surface area is 154 Å². The Bertz CT molecular complexity index is 704. The number of para-hydroxylation sites is 1. The lowest BCUT2D eigenvalue weighted by molar-refractivity contribution is 0.117. The fraction of sp³-hybridized carbons (Fsp3) is 0.632. The van der Waals surface area contributed by atoms with E-state index in [1.54, 1.807) is 7.11 Å². The first-order chi connectivity index (χ1) is 12.8. The van der Waals surface area contributed by atoms with Crippen LogP contribution in [-0.2, 0) is 13.1 Å². The number of nitrogens with zero attached hydrogens (tertiary/aromatic N) is 6. The third kappa shape index (κ3) is 3.88. The number of piperazine rings is 1. The lowest BCUT2D eigenvalue weighted by Crippen LogP contribution is -2.45. The van der Waals surface area contributed by atoms with E-state index in [1.165, 1.54) is 31.2 Å². The van der Waals surface area contributed by atoms with Crippen molar-refractivity contribution in [2.75, 3.05) is 33.3 Å². The normalized spacial score (nSPS) is 19.9. The minimum absolute atomic E-state index is 0.506. The molecule has 4 rings (SSSR count). The monoisotopic (exact) mass is 356 g/mol. The molecule has 26 heavy (non-hydrogen) atoms. The number of hydrogen-bond acceptors (Lipinski definition) is 6. The van der Waals surface area contributed by atoms with Gasteiger partial charge >= 0.3 is 0 Å². The summed E-state index contributed by atoms with van der Waals surface area (Å²) in [6.45, 7) is 6.01. The van der Waals surface area contributed by atoms with Crippen molar-refractivity contribution in [1.82, 2.24) is 30.0 Å². The molecule has 1 aliphatic carbocycles. The summed E-state index contributed by atoms with van der Waals surface area (Å²) in [7, 11) is 1.74. The molecule has 1 aromatic heterocycles. The van der Waals surface area contributed by atoms with E-state index in [-0.39, 0.29) is 0 Å². The van der Waals surface area contributed by atoms with E-state index in [0.29, 0.717) is 6.04 Å². The minimum atomic E-state index is 0.506. The van der Waals surface area contributed by atoms with Gasteiger partial charge in [-0.25, -0.2) is 4.68 Å². The molecule has 0 radical (unpaired) electrons. The first kappa shape index (κ1) is 17.4. The molecule has 2 aromatic rings. The van der Waals surface area contributed by atoms with Crippen LogP contribution in [0, 0.1) is 0 Å². The molecule has 2 fully saturated rings. The first-order valence-corrected chi connectivity index (χ1v) is 9.67. The quantitative estimate of drug-likeness (QED) is 0.790. The fourth-order valence-electron chi connectivity index (χ4n) is 4.13. The average Bonchev–Trinajstić information content (AvgIpc) is 3.35. The van der Waals surface area contributed by atoms with Crippen LogP contribution in [0.4, 0.5) is 0 Å². The Morgan fingerprint density at radius 3 is 2.42 bits per heavy atom. The highest BCUT2D eigenvalue weighted by atomic mass is 16.5. The molecular weight excluding hydrogens is 328 g/mol. The molecular formula is C19H28N6O. The van der Waals surface area contributed by atoms with Gasteiger partial charge in [-0.2, -0.15) is 0 Å². The molecule has 7 heteroatoms. The molecule has 1 aliphatic heterocycles. The molecule has 1 saturated heterocycles. The van der Waals surface area contributed by atoms with Crippen LogP contribution in [0.25, 0.3) is 0 Å². The average molecular weight is 356 g/mol. The third-order valence-electron chi connectivity index (χ3n) is 5.65. The van der Waals surface area contributed by atoms with Gasteiger partial charge in [0.1, 0.15) is 5.75 Å². The van der Waals surface area contributed by atoms with Crippen molar-refractivity contribution in [2.45, 2.75) is 44.8 Å². The van der Waals surface area contributed by atoms with Crippen molar-refractivity contribution in [3.63, 3.8) is 0 Å². The molecule has 0 amide bonds. The summed E-state index contributed by atoms with van der Waals surface area (Å²) in [4.78, 5) is 4.96. The summed E-state index contributed by atoms with van der Waals surface area (Å²) in [5.41, 5.74) is 1.26. The first-order valence-electron chi connectivity index (χ1n) is 9.67. The molecule has 2 aliphatic rings. The second-order valence-electron chi connectivity index (χ2n) is 7.34. The molecule has 1 saturated carbocycles. The van der Waals surface area contributed by atoms with E-state index in [1.807, 2.05) is 12.1 Å². The van der Waals surface area contributed by atoms with E-state index in [0.717, 1.165) is 50.8 Å². The zero-order valence-corrected chi connectivity index (χ0v) is 15.5. The van der Waals surface area contributed by atoms with Crippen molar-refractivity contribution in [3.05, 3.63) is 35.7 Å². The maximum absolute atomic E-state index is 5.48. The highest BCUT2D eigenvalue weighted by Crippen LogP contribution is 2.29. The number of ether oxygens (including phenoxy) is 1. The molecule has 0 unspecified atom stereocenters. The van der Waals surface area contributed by atoms with Gasteiger partial charge in [0.25, 0.3) is 0 Å². The van der Waals surface area contributed by atoms with Crippen LogP contribution in [0.3, 0.4) is 0 Å². The Balaban J connectivity index is 1.31. The number of hydrogen-bond donors (Lipinski definition) is 0. The molecule has 140 valence electrons. The highest BCUT2D eigenvalue weighted by molar-refractivity contribution is 5.33. The maximum atomic E-state index is 5.48. The summed E-state index contributed by atoms with van der Waals surface area (Å²) in [6.07, 6.45) is 5.02. The van der Waals surface area contributed by atoms with E-state index >= 15 is 0 Å². The van der Waals surface area contributed by atoms with Gasteiger partial charge in [0, 0.05) is 38.3 Å². The van der Waals surface area contributed by atoms with Crippen molar-refractivity contribution >= 4 is 0 Å². The van der Waals surface area contributed by atoms with Gasteiger partial charge in [-0.05, 0) is 29.3 Å². The number of methoxy groups -OCH3 is 1. The molecule has 7 nitrogen and oxygen atoms in total. The van der Waals surface area contributed by atoms with Crippen molar-refractivity contribution in [3.8, 4) is 5.75 Å². The van der Waals surface area contributed by atoms with Crippen LogP contribution in [0.15, 0.2) is 24.3 Å². The van der Waals surface area contributed by atoms with Crippen LogP contribution >= 0.6 is 0 Å². The van der Waals surface area contributed by atoms with Gasteiger partial charge in [-0.1, -0.05) is 31.0 Å². The van der Waals surface area contributed by atoms with Gasteiger partial charge in [0.15, 0.2) is 5.82 Å². The molecule has 0 spiro atoms. The third-order valence-corrected chi connectivity index (χ3v) is 5.65. The largest absolute Gasteiger partial charge is 0.496 e. The van der Waals surface area contributed by atoms with Crippen LogP contribution in [0.1, 0.15) is 43.1 Å². The number of rotatable bonds is 6. The summed E-state index contributed by atoms with van der Waals surface area (Å²) in [6, 6.07) is 8.80. The van der Waals surface area contributed by atoms with Gasteiger partial charge in [-0.3, -0.25) is 9.80 Å². The summed E-state index contributed by atoms with van der Waals surface area (Å²) in [5, 5.41) is 12.5. The molecule has 0 atom stereocenters. The fourth-order valence-corrected chi connectivity index (χ4v) is 4.13. The van der Waals surface area contributed by atoms with E-state index in [9.17, 15) is 0 Å². The minimum Gasteiger partial charge on any atom is -0.496 e. The molecule has 1 aromatic carbocycles. The van der Waals surface area contributed by atoms with Gasteiger partial charge in [0.2, 0.25) is 0 Å². The molecule has 2 heterocycles.